The maximum Gasteiger partial charge on any atom is 0.264 e. The quantitative estimate of drug-likeness (QED) is 0.587. The number of thiocarbonyl (C=S) groups is 1. The summed E-state index contributed by atoms with van der Waals surface area (Å²) in [5.41, 5.74) is 3.62. The topological polar surface area (TPSA) is 70.6 Å². The number of amides is 1. The summed E-state index contributed by atoms with van der Waals surface area (Å²) in [4.78, 5) is 11.9. The van der Waals surface area contributed by atoms with Crippen molar-refractivity contribution in [2.75, 3.05) is 11.9 Å². The molecule has 5 nitrogen and oxygen atoms in total. The summed E-state index contributed by atoms with van der Waals surface area (Å²) in [6, 6.07) is 10.8. The van der Waals surface area contributed by atoms with Crippen LogP contribution in [0.3, 0.4) is 0 Å². The molecule has 6 heteroatoms. The summed E-state index contributed by atoms with van der Waals surface area (Å²) < 4.78 is 5.45. The van der Waals surface area contributed by atoms with Gasteiger partial charge in [-0.3, -0.25) is 10.1 Å². The molecule has 24 heavy (non-hydrogen) atoms. The van der Waals surface area contributed by atoms with E-state index < -0.39 is 0 Å². The first-order valence-corrected chi connectivity index (χ1v) is 7.86. The first-order chi connectivity index (χ1) is 11.3. The van der Waals surface area contributed by atoms with Crippen LogP contribution in [-0.4, -0.2) is 22.7 Å². The largest absolute Gasteiger partial charge is 0.506 e. The molecule has 0 bridgehead atoms. The van der Waals surface area contributed by atoms with Gasteiger partial charge in [-0.2, -0.15) is 0 Å². The number of ether oxygens (including phenoxy) is 1. The van der Waals surface area contributed by atoms with E-state index in [1.165, 1.54) is 0 Å². The Morgan fingerprint density at radius 1 is 1.12 bits per heavy atom. The molecular formula is C18H20N2O3S. The van der Waals surface area contributed by atoms with Gasteiger partial charge in [-0.15, -0.1) is 0 Å². The third-order valence-electron chi connectivity index (χ3n) is 3.50. The highest BCUT2D eigenvalue weighted by molar-refractivity contribution is 7.80. The Hall–Kier alpha value is -2.60. The van der Waals surface area contributed by atoms with Crippen LogP contribution in [0.25, 0.3) is 0 Å². The third kappa shape index (κ3) is 4.96. The molecule has 1 amide bonds. The summed E-state index contributed by atoms with van der Waals surface area (Å²) in [5, 5.41) is 15.2. The molecule has 3 N–H and O–H groups in total. The number of phenolic OH excluding ortho intramolecular Hbond substituents is 1. The average Bonchev–Trinajstić information content (AvgIpc) is 2.51. The van der Waals surface area contributed by atoms with Gasteiger partial charge in [0.2, 0.25) is 0 Å². The Bertz CT molecular complexity index is 775. The van der Waals surface area contributed by atoms with E-state index in [4.69, 9.17) is 17.0 Å². The highest BCUT2D eigenvalue weighted by Gasteiger charge is 2.08. The van der Waals surface area contributed by atoms with Crippen LogP contribution in [0.4, 0.5) is 5.69 Å². The fourth-order valence-corrected chi connectivity index (χ4v) is 2.24. The van der Waals surface area contributed by atoms with Crippen molar-refractivity contribution in [3.8, 4) is 11.5 Å². The van der Waals surface area contributed by atoms with Gasteiger partial charge in [-0.25, -0.2) is 0 Å². The van der Waals surface area contributed by atoms with Crippen molar-refractivity contribution < 1.29 is 14.6 Å². The summed E-state index contributed by atoms with van der Waals surface area (Å²) >= 11 is 5.06. The van der Waals surface area contributed by atoms with Crippen LogP contribution in [0.15, 0.2) is 36.4 Å². The number of aromatic hydroxyl groups is 1. The number of hydrogen-bond donors (Lipinski definition) is 3. The summed E-state index contributed by atoms with van der Waals surface area (Å²) in [6.07, 6.45) is 0. The maximum atomic E-state index is 11.9. The van der Waals surface area contributed by atoms with E-state index in [0.717, 1.165) is 16.7 Å². The molecule has 0 saturated carbocycles. The van der Waals surface area contributed by atoms with Gasteiger partial charge in [-0.05, 0) is 73.9 Å². The Labute approximate surface area is 146 Å². The molecule has 0 aliphatic rings. The van der Waals surface area contributed by atoms with Gasteiger partial charge < -0.3 is 15.2 Å². The molecule has 2 aromatic rings. The highest BCUT2D eigenvalue weighted by Crippen LogP contribution is 2.23. The average molecular weight is 344 g/mol. The van der Waals surface area contributed by atoms with Crippen molar-refractivity contribution in [1.82, 2.24) is 5.32 Å². The third-order valence-corrected chi connectivity index (χ3v) is 3.71. The van der Waals surface area contributed by atoms with E-state index >= 15 is 0 Å². The lowest BCUT2D eigenvalue weighted by molar-refractivity contribution is -0.121. The molecule has 0 unspecified atom stereocenters. The Kier molecular flexibility index (Phi) is 5.76. The number of benzene rings is 2. The molecule has 2 rings (SSSR count). The monoisotopic (exact) mass is 344 g/mol. The second kappa shape index (κ2) is 7.79. The zero-order chi connectivity index (χ0) is 17.7. The van der Waals surface area contributed by atoms with E-state index in [1.807, 2.05) is 45.0 Å². The predicted octanol–water partition coefficient (Wildman–Crippen LogP) is 3.21. The number of carbonyl (C=O) groups is 1. The second-order valence-electron chi connectivity index (χ2n) is 5.56. The van der Waals surface area contributed by atoms with Gasteiger partial charge in [0.25, 0.3) is 5.91 Å². The zero-order valence-corrected chi connectivity index (χ0v) is 14.7. The van der Waals surface area contributed by atoms with Gasteiger partial charge in [0, 0.05) is 0 Å². The van der Waals surface area contributed by atoms with Gasteiger partial charge in [-0.1, -0.05) is 12.1 Å². The molecule has 0 aliphatic carbocycles. The standard InChI is InChI=1S/C18H20N2O3S/c1-11-4-7-15(16(21)8-11)19-18(24)20-17(22)10-23-14-6-5-12(2)13(3)9-14/h4-9,21H,10H2,1-3H3,(H2,19,20,22,24). The number of anilines is 1. The predicted molar refractivity (Wildman–Crippen MR) is 98.6 cm³/mol. The number of rotatable bonds is 4. The molecule has 0 spiro atoms. The Balaban J connectivity index is 1.85. The molecular weight excluding hydrogens is 324 g/mol. The molecule has 126 valence electrons. The van der Waals surface area contributed by atoms with Crippen LogP contribution >= 0.6 is 12.2 Å². The zero-order valence-electron chi connectivity index (χ0n) is 13.8. The molecule has 0 saturated heterocycles. The number of nitrogens with one attached hydrogen (secondary N) is 2. The van der Waals surface area contributed by atoms with Gasteiger partial charge >= 0.3 is 0 Å². The fraction of sp³-hybridized carbons (Fsp3) is 0.222. The lowest BCUT2D eigenvalue weighted by atomic mass is 10.1. The SMILES string of the molecule is Cc1ccc(NC(=S)NC(=O)COc2ccc(C)c(C)c2)c(O)c1. The van der Waals surface area contributed by atoms with E-state index in [-0.39, 0.29) is 23.4 Å². The minimum absolute atomic E-state index is 0.0676. The van der Waals surface area contributed by atoms with Crippen molar-refractivity contribution in [3.63, 3.8) is 0 Å². The van der Waals surface area contributed by atoms with Crippen molar-refractivity contribution in [3.05, 3.63) is 53.1 Å². The number of carbonyl (C=O) groups excluding carboxylic acids is 1. The highest BCUT2D eigenvalue weighted by atomic mass is 32.1. The van der Waals surface area contributed by atoms with Crippen LogP contribution in [-0.2, 0) is 4.79 Å². The normalized spacial score (nSPS) is 10.1. The molecule has 0 atom stereocenters. The van der Waals surface area contributed by atoms with E-state index in [9.17, 15) is 9.90 Å². The van der Waals surface area contributed by atoms with E-state index in [1.54, 1.807) is 12.1 Å². The van der Waals surface area contributed by atoms with Crippen molar-refractivity contribution >= 4 is 28.9 Å². The molecule has 0 radical (unpaired) electrons. The Morgan fingerprint density at radius 2 is 1.88 bits per heavy atom. The molecule has 0 aromatic heterocycles. The number of hydrogen-bond acceptors (Lipinski definition) is 4. The number of phenols is 1. The van der Waals surface area contributed by atoms with E-state index in [2.05, 4.69) is 10.6 Å². The minimum Gasteiger partial charge on any atom is -0.506 e. The Morgan fingerprint density at radius 3 is 2.54 bits per heavy atom. The van der Waals surface area contributed by atoms with Gasteiger partial charge in [0.1, 0.15) is 11.5 Å². The van der Waals surface area contributed by atoms with Crippen LogP contribution in [0.1, 0.15) is 16.7 Å². The molecule has 0 aliphatic heterocycles. The first kappa shape index (κ1) is 17.7. The van der Waals surface area contributed by atoms with Crippen LogP contribution in [0, 0.1) is 20.8 Å². The maximum absolute atomic E-state index is 11.9. The smallest absolute Gasteiger partial charge is 0.264 e. The molecule has 0 fully saturated rings. The van der Waals surface area contributed by atoms with Crippen molar-refractivity contribution in [2.24, 2.45) is 0 Å². The van der Waals surface area contributed by atoms with E-state index in [0.29, 0.717) is 11.4 Å². The minimum atomic E-state index is -0.377. The van der Waals surface area contributed by atoms with Crippen LogP contribution in [0.2, 0.25) is 0 Å². The lowest BCUT2D eigenvalue weighted by Gasteiger charge is -2.12. The van der Waals surface area contributed by atoms with Crippen molar-refractivity contribution in [1.29, 1.82) is 0 Å². The number of aryl methyl sites for hydroxylation is 3. The summed E-state index contributed by atoms with van der Waals surface area (Å²) in [7, 11) is 0. The van der Waals surface area contributed by atoms with Gasteiger partial charge in [0.15, 0.2) is 11.7 Å². The van der Waals surface area contributed by atoms with Crippen LogP contribution in [0.5, 0.6) is 11.5 Å². The summed E-state index contributed by atoms with van der Waals surface area (Å²) in [5.74, 6) is 0.318. The first-order valence-electron chi connectivity index (χ1n) is 7.45. The van der Waals surface area contributed by atoms with Crippen molar-refractivity contribution in [2.45, 2.75) is 20.8 Å². The summed E-state index contributed by atoms with van der Waals surface area (Å²) in [6.45, 7) is 5.71. The van der Waals surface area contributed by atoms with Gasteiger partial charge in [0.05, 0.1) is 5.69 Å². The molecule has 2 aromatic carbocycles. The molecule has 0 heterocycles. The second-order valence-corrected chi connectivity index (χ2v) is 5.97. The lowest BCUT2D eigenvalue weighted by Crippen LogP contribution is -2.37. The van der Waals surface area contributed by atoms with Crippen LogP contribution < -0.4 is 15.4 Å². The fourth-order valence-electron chi connectivity index (χ4n) is 2.02.